The van der Waals surface area contributed by atoms with Crippen molar-refractivity contribution < 1.29 is 28.1 Å². The molecule has 0 saturated heterocycles. The summed E-state index contributed by atoms with van der Waals surface area (Å²) in [5, 5.41) is 10.6. The first-order chi connectivity index (χ1) is 20.9. The second kappa shape index (κ2) is 10.2. The summed E-state index contributed by atoms with van der Waals surface area (Å²) in [6.07, 6.45) is 4.00. The predicted molar refractivity (Wildman–Crippen MR) is 164 cm³/mol. The van der Waals surface area contributed by atoms with Crippen LogP contribution in [0.5, 0.6) is 17.2 Å². The van der Waals surface area contributed by atoms with Crippen molar-refractivity contribution >= 4 is 16.8 Å². The highest BCUT2D eigenvalue weighted by Crippen LogP contribution is 2.58. The van der Waals surface area contributed by atoms with Crippen molar-refractivity contribution in [3.05, 3.63) is 131 Å². The van der Waals surface area contributed by atoms with E-state index in [-0.39, 0.29) is 19.0 Å². The summed E-state index contributed by atoms with van der Waals surface area (Å²) in [6, 6.07) is 27.8. The second-order valence-electron chi connectivity index (χ2n) is 11.2. The average molecular weight is 577 g/mol. The smallest absolute Gasteiger partial charge is 0.178 e. The number of ether oxygens (including phenoxy) is 3. The SMILES string of the molecule is COc1ccc(C2(c3ccc(OCCO)cc3)C=Cc3c4c(c5ccc(F)cc5c3O2)-c2ccccc2C4(C)CF)cc1. The highest BCUT2D eigenvalue weighted by Gasteiger charge is 2.46. The van der Waals surface area contributed by atoms with Gasteiger partial charge in [0.25, 0.3) is 0 Å². The molecule has 0 bridgehead atoms. The van der Waals surface area contributed by atoms with Crippen LogP contribution < -0.4 is 14.2 Å². The Kier molecular flexibility index (Phi) is 6.47. The largest absolute Gasteiger partial charge is 0.497 e. The Morgan fingerprint density at radius 3 is 2.23 bits per heavy atom. The third kappa shape index (κ3) is 4.04. The van der Waals surface area contributed by atoms with Crippen LogP contribution in [0.1, 0.15) is 34.7 Å². The number of alkyl halides is 1. The van der Waals surface area contributed by atoms with E-state index in [2.05, 4.69) is 0 Å². The van der Waals surface area contributed by atoms with Crippen molar-refractivity contribution in [3.63, 3.8) is 0 Å². The maximum atomic E-state index is 15.2. The number of fused-ring (bicyclic) bond motifs is 8. The monoisotopic (exact) mass is 576 g/mol. The molecule has 0 saturated carbocycles. The molecule has 0 radical (unpaired) electrons. The van der Waals surface area contributed by atoms with Crippen LogP contribution in [0.2, 0.25) is 0 Å². The molecule has 216 valence electrons. The minimum absolute atomic E-state index is 0.0875. The fraction of sp³-hybridized carbons (Fsp3) is 0.189. The van der Waals surface area contributed by atoms with Crippen LogP contribution in [0, 0.1) is 5.82 Å². The number of hydrogen-bond donors (Lipinski definition) is 1. The highest BCUT2D eigenvalue weighted by molar-refractivity contribution is 6.08. The number of aliphatic hydroxyl groups excluding tert-OH is 1. The molecular weight excluding hydrogens is 546 g/mol. The lowest BCUT2D eigenvalue weighted by Crippen LogP contribution is -2.35. The molecule has 2 aliphatic rings. The zero-order chi connectivity index (χ0) is 29.8. The first kappa shape index (κ1) is 27.2. The Morgan fingerprint density at radius 1 is 0.860 bits per heavy atom. The van der Waals surface area contributed by atoms with E-state index in [0.717, 1.165) is 44.3 Å². The van der Waals surface area contributed by atoms with Crippen molar-refractivity contribution in [2.45, 2.75) is 17.9 Å². The van der Waals surface area contributed by atoms with Gasteiger partial charge in [0.15, 0.2) is 5.60 Å². The summed E-state index contributed by atoms with van der Waals surface area (Å²) < 4.78 is 48.3. The molecule has 43 heavy (non-hydrogen) atoms. The summed E-state index contributed by atoms with van der Waals surface area (Å²) in [4.78, 5) is 0. The molecule has 2 unspecified atom stereocenters. The lowest BCUT2D eigenvalue weighted by Gasteiger charge is -2.38. The average Bonchev–Trinajstić information content (AvgIpc) is 3.33. The summed E-state index contributed by atoms with van der Waals surface area (Å²) in [5.74, 6) is 1.44. The number of halogens is 2. The summed E-state index contributed by atoms with van der Waals surface area (Å²) in [5.41, 5.74) is 4.02. The van der Waals surface area contributed by atoms with Crippen LogP contribution in [-0.2, 0) is 11.0 Å². The van der Waals surface area contributed by atoms with Gasteiger partial charge in [-0.05, 0) is 77.0 Å². The van der Waals surface area contributed by atoms with Crippen molar-refractivity contribution in [1.29, 1.82) is 0 Å². The molecule has 5 aromatic carbocycles. The van der Waals surface area contributed by atoms with E-state index >= 15 is 4.39 Å². The Labute approximate surface area is 248 Å². The number of rotatable bonds is 7. The predicted octanol–water partition coefficient (Wildman–Crippen LogP) is 7.96. The van der Waals surface area contributed by atoms with Gasteiger partial charge in [0.2, 0.25) is 0 Å². The topological polar surface area (TPSA) is 47.9 Å². The van der Waals surface area contributed by atoms with Gasteiger partial charge in [-0.2, -0.15) is 0 Å². The fourth-order valence-electron chi connectivity index (χ4n) is 6.70. The Bertz CT molecular complexity index is 1880. The molecule has 0 aromatic heterocycles. The molecule has 6 heteroatoms. The van der Waals surface area contributed by atoms with E-state index < -0.39 is 17.7 Å². The van der Waals surface area contributed by atoms with E-state index in [4.69, 9.17) is 14.2 Å². The maximum absolute atomic E-state index is 15.2. The zero-order valence-electron chi connectivity index (χ0n) is 23.9. The first-order valence-electron chi connectivity index (χ1n) is 14.3. The van der Waals surface area contributed by atoms with E-state index in [1.165, 1.54) is 12.1 Å². The molecule has 7 rings (SSSR count). The molecule has 5 aromatic rings. The molecule has 0 amide bonds. The molecule has 1 N–H and O–H groups in total. The van der Waals surface area contributed by atoms with Gasteiger partial charge in [0.05, 0.1) is 13.7 Å². The first-order valence-corrected chi connectivity index (χ1v) is 14.3. The normalized spacial score (nSPS) is 19.8. The minimum Gasteiger partial charge on any atom is -0.497 e. The van der Waals surface area contributed by atoms with Gasteiger partial charge in [-0.25, -0.2) is 8.78 Å². The van der Waals surface area contributed by atoms with Crippen molar-refractivity contribution in [2.24, 2.45) is 0 Å². The van der Waals surface area contributed by atoms with Gasteiger partial charge in [-0.15, -0.1) is 0 Å². The number of benzene rings is 5. The maximum Gasteiger partial charge on any atom is 0.178 e. The van der Waals surface area contributed by atoms with E-state index in [0.29, 0.717) is 22.6 Å². The van der Waals surface area contributed by atoms with Crippen LogP contribution in [-0.4, -0.2) is 32.1 Å². The molecule has 0 spiro atoms. The van der Waals surface area contributed by atoms with E-state index in [1.54, 1.807) is 13.2 Å². The molecule has 1 aliphatic carbocycles. The van der Waals surface area contributed by atoms with Crippen LogP contribution in [0.3, 0.4) is 0 Å². The Balaban J connectivity index is 1.50. The molecule has 2 atom stereocenters. The Morgan fingerprint density at radius 2 is 1.56 bits per heavy atom. The third-order valence-electron chi connectivity index (χ3n) is 8.78. The summed E-state index contributed by atoms with van der Waals surface area (Å²) >= 11 is 0. The van der Waals surface area contributed by atoms with Gasteiger partial charge in [-0.3, -0.25) is 0 Å². The lowest BCUT2D eigenvalue weighted by molar-refractivity contribution is 0.162. The van der Waals surface area contributed by atoms with Gasteiger partial charge >= 0.3 is 0 Å². The van der Waals surface area contributed by atoms with Gasteiger partial charge in [-0.1, -0.05) is 60.7 Å². The highest BCUT2D eigenvalue weighted by atomic mass is 19.1. The molecule has 1 aliphatic heterocycles. The van der Waals surface area contributed by atoms with Gasteiger partial charge in [0.1, 0.15) is 36.3 Å². The molecular formula is C37H30F2O4. The molecule has 4 nitrogen and oxygen atoms in total. The van der Waals surface area contributed by atoms with Crippen molar-refractivity contribution in [2.75, 3.05) is 27.0 Å². The summed E-state index contributed by atoms with van der Waals surface area (Å²) in [7, 11) is 1.62. The molecule has 1 heterocycles. The van der Waals surface area contributed by atoms with Crippen molar-refractivity contribution in [1.82, 2.24) is 0 Å². The molecule has 0 fully saturated rings. The zero-order valence-corrected chi connectivity index (χ0v) is 23.9. The lowest BCUT2D eigenvalue weighted by atomic mass is 9.76. The van der Waals surface area contributed by atoms with Crippen LogP contribution in [0.15, 0.2) is 97.1 Å². The second-order valence-corrected chi connectivity index (χ2v) is 11.2. The fourth-order valence-corrected chi connectivity index (χ4v) is 6.70. The number of methoxy groups -OCH3 is 1. The van der Waals surface area contributed by atoms with Gasteiger partial charge in [0, 0.05) is 27.5 Å². The van der Waals surface area contributed by atoms with E-state index in [9.17, 15) is 9.50 Å². The quantitative estimate of drug-likeness (QED) is 0.214. The van der Waals surface area contributed by atoms with Crippen LogP contribution in [0.4, 0.5) is 8.78 Å². The van der Waals surface area contributed by atoms with Crippen molar-refractivity contribution in [3.8, 4) is 28.4 Å². The number of aliphatic hydroxyl groups is 1. The van der Waals surface area contributed by atoms with Crippen LogP contribution >= 0.6 is 0 Å². The minimum atomic E-state index is -1.10. The third-order valence-corrected chi connectivity index (χ3v) is 8.78. The Hall–Kier alpha value is -4.68. The number of hydrogen-bond acceptors (Lipinski definition) is 4. The van der Waals surface area contributed by atoms with Gasteiger partial charge < -0.3 is 19.3 Å². The standard InChI is InChI=1S/C37H30F2O4/c1-36(22-38)32-6-4-3-5-29(32)33-28-16-11-25(39)21-31(28)35-30(34(33)36)17-18-37(43-35,23-7-12-26(41-2)13-8-23)24-9-14-27(15-10-24)42-20-19-40/h3-18,21,40H,19-20,22H2,1-2H3. The van der Waals surface area contributed by atoms with Crippen LogP contribution in [0.25, 0.3) is 28.0 Å². The van der Waals surface area contributed by atoms with E-state index in [1.807, 2.05) is 91.9 Å². The summed E-state index contributed by atoms with van der Waals surface area (Å²) in [6.45, 7) is 1.43.